The number of hydrogen-bond acceptors (Lipinski definition) is 2. The van der Waals surface area contributed by atoms with Crippen molar-refractivity contribution in [1.29, 1.82) is 0 Å². The highest BCUT2D eigenvalue weighted by atomic mass is 127. The van der Waals surface area contributed by atoms with Crippen LogP contribution in [0.3, 0.4) is 0 Å². The van der Waals surface area contributed by atoms with Crippen LogP contribution in [0.5, 0.6) is 5.75 Å². The predicted octanol–water partition coefficient (Wildman–Crippen LogP) is 3.71. The van der Waals surface area contributed by atoms with Crippen LogP contribution in [0.4, 0.5) is 0 Å². The van der Waals surface area contributed by atoms with Gasteiger partial charge in [-0.2, -0.15) is 0 Å². The van der Waals surface area contributed by atoms with Crippen molar-refractivity contribution < 1.29 is 9.47 Å². The second-order valence-corrected chi connectivity index (χ2v) is 5.16. The number of benzene rings is 1. The van der Waals surface area contributed by atoms with Crippen LogP contribution >= 0.6 is 22.6 Å². The van der Waals surface area contributed by atoms with Gasteiger partial charge in [0.25, 0.3) is 0 Å². The van der Waals surface area contributed by atoms with Gasteiger partial charge in [-0.1, -0.05) is 0 Å². The molecule has 0 aliphatic heterocycles. The molecule has 0 aliphatic rings. The highest BCUT2D eigenvalue weighted by Crippen LogP contribution is 2.25. The first-order valence-electron chi connectivity index (χ1n) is 5.53. The maximum atomic E-state index is 5.81. The first-order valence-corrected chi connectivity index (χ1v) is 6.61. The van der Waals surface area contributed by atoms with E-state index in [1.165, 1.54) is 14.7 Å². The van der Waals surface area contributed by atoms with E-state index in [1.54, 1.807) is 7.11 Å². The summed E-state index contributed by atoms with van der Waals surface area (Å²) in [6.07, 6.45) is 2.09. The van der Waals surface area contributed by atoms with Gasteiger partial charge in [0, 0.05) is 17.3 Å². The summed E-state index contributed by atoms with van der Waals surface area (Å²) >= 11 is 2.33. The minimum atomic E-state index is 0.769. The molecular weight excluding hydrogens is 315 g/mol. The Morgan fingerprint density at radius 1 is 1.06 bits per heavy atom. The molecule has 0 aromatic heterocycles. The number of unbranched alkanes of at least 4 members (excludes halogenated alkanes) is 1. The molecule has 90 valence electrons. The minimum Gasteiger partial charge on any atom is -0.493 e. The predicted molar refractivity (Wildman–Crippen MR) is 75.2 cm³/mol. The lowest BCUT2D eigenvalue weighted by atomic mass is 10.1. The van der Waals surface area contributed by atoms with Crippen molar-refractivity contribution in [2.24, 2.45) is 0 Å². The largest absolute Gasteiger partial charge is 0.493 e. The zero-order valence-corrected chi connectivity index (χ0v) is 12.3. The standard InChI is InChI=1S/C13H19IO2/c1-10-8-12(14)9-11(2)13(10)16-7-5-4-6-15-3/h8-9H,4-7H2,1-3H3. The van der Waals surface area contributed by atoms with Gasteiger partial charge in [-0.05, 0) is 72.5 Å². The summed E-state index contributed by atoms with van der Waals surface area (Å²) in [4.78, 5) is 0. The topological polar surface area (TPSA) is 18.5 Å². The molecular formula is C13H19IO2. The van der Waals surface area contributed by atoms with Crippen molar-refractivity contribution in [3.63, 3.8) is 0 Å². The zero-order valence-electron chi connectivity index (χ0n) is 10.2. The SMILES string of the molecule is COCCCCOc1c(C)cc(I)cc1C. The molecule has 2 nitrogen and oxygen atoms in total. The molecule has 1 aromatic rings. The van der Waals surface area contributed by atoms with E-state index < -0.39 is 0 Å². The summed E-state index contributed by atoms with van der Waals surface area (Å²) in [6, 6.07) is 4.30. The molecule has 1 aromatic carbocycles. The van der Waals surface area contributed by atoms with Crippen LogP contribution in [-0.4, -0.2) is 20.3 Å². The Kier molecular flexibility index (Phi) is 6.13. The summed E-state index contributed by atoms with van der Waals surface area (Å²) < 4.78 is 12.1. The van der Waals surface area contributed by atoms with Crippen LogP contribution in [0.25, 0.3) is 0 Å². The molecule has 0 atom stereocenters. The second-order valence-electron chi connectivity index (χ2n) is 3.92. The molecule has 0 unspecified atom stereocenters. The zero-order chi connectivity index (χ0) is 12.0. The van der Waals surface area contributed by atoms with Gasteiger partial charge in [-0.15, -0.1) is 0 Å². The fraction of sp³-hybridized carbons (Fsp3) is 0.538. The van der Waals surface area contributed by atoms with E-state index in [4.69, 9.17) is 9.47 Å². The smallest absolute Gasteiger partial charge is 0.125 e. The Bertz CT molecular complexity index is 314. The number of hydrogen-bond donors (Lipinski definition) is 0. The van der Waals surface area contributed by atoms with Crippen LogP contribution < -0.4 is 4.74 Å². The Hall–Kier alpha value is -0.290. The first kappa shape index (κ1) is 13.8. The summed E-state index contributed by atoms with van der Waals surface area (Å²) in [5, 5.41) is 0. The Balaban J connectivity index is 2.47. The highest BCUT2D eigenvalue weighted by Gasteiger charge is 2.04. The Morgan fingerprint density at radius 3 is 2.19 bits per heavy atom. The van der Waals surface area contributed by atoms with Crippen molar-refractivity contribution in [1.82, 2.24) is 0 Å². The minimum absolute atomic E-state index is 0.769. The first-order chi connectivity index (χ1) is 7.65. The van der Waals surface area contributed by atoms with Gasteiger partial charge in [-0.3, -0.25) is 0 Å². The van der Waals surface area contributed by atoms with E-state index in [1.807, 2.05) is 0 Å². The van der Waals surface area contributed by atoms with Crippen LogP contribution in [0.15, 0.2) is 12.1 Å². The summed E-state index contributed by atoms with van der Waals surface area (Å²) in [5.74, 6) is 1.04. The van der Waals surface area contributed by atoms with E-state index in [0.717, 1.165) is 31.8 Å². The van der Waals surface area contributed by atoms with Gasteiger partial charge in [0.2, 0.25) is 0 Å². The van der Waals surface area contributed by atoms with E-state index in [2.05, 4.69) is 48.6 Å². The Labute approximate surface area is 111 Å². The quantitative estimate of drug-likeness (QED) is 0.583. The average Bonchev–Trinajstić information content (AvgIpc) is 2.20. The van der Waals surface area contributed by atoms with Crippen molar-refractivity contribution >= 4 is 22.6 Å². The molecule has 0 amide bonds. The number of rotatable bonds is 6. The van der Waals surface area contributed by atoms with E-state index >= 15 is 0 Å². The molecule has 3 heteroatoms. The van der Waals surface area contributed by atoms with Gasteiger partial charge >= 0.3 is 0 Å². The fourth-order valence-corrected chi connectivity index (χ4v) is 2.58. The molecule has 0 spiro atoms. The molecule has 0 aliphatic carbocycles. The van der Waals surface area contributed by atoms with Crippen LogP contribution in [0, 0.1) is 17.4 Å². The van der Waals surface area contributed by atoms with E-state index in [9.17, 15) is 0 Å². The molecule has 0 bridgehead atoms. The number of aryl methyl sites for hydroxylation is 2. The third-order valence-electron chi connectivity index (χ3n) is 2.41. The maximum absolute atomic E-state index is 5.81. The lowest BCUT2D eigenvalue weighted by Crippen LogP contribution is -2.02. The molecule has 16 heavy (non-hydrogen) atoms. The van der Waals surface area contributed by atoms with Gasteiger partial charge in [-0.25, -0.2) is 0 Å². The Morgan fingerprint density at radius 2 is 1.62 bits per heavy atom. The van der Waals surface area contributed by atoms with Gasteiger partial charge < -0.3 is 9.47 Å². The van der Waals surface area contributed by atoms with Crippen LogP contribution in [0.2, 0.25) is 0 Å². The van der Waals surface area contributed by atoms with Crippen molar-refractivity contribution in [3.8, 4) is 5.75 Å². The molecule has 0 N–H and O–H groups in total. The van der Waals surface area contributed by atoms with Crippen LogP contribution in [0.1, 0.15) is 24.0 Å². The monoisotopic (exact) mass is 334 g/mol. The molecule has 0 saturated carbocycles. The molecule has 0 fully saturated rings. The number of ether oxygens (including phenoxy) is 2. The summed E-state index contributed by atoms with van der Waals surface area (Å²) in [6.45, 7) is 5.78. The third-order valence-corrected chi connectivity index (χ3v) is 3.04. The third kappa shape index (κ3) is 4.29. The van der Waals surface area contributed by atoms with Gasteiger partial charge in [0.15, 0.2) is 0 Å². The van der Waals surface area contributed by atoms with E-state index in [-0.39, 0.29) is 0 Å². The molecule has 0 saturated heterocycles. The second kappa shape index (κ2) is 7.12. The molecule has 1 rings (SSSR count). The van der Waals surface area contributed by atoms with Crippen molar-refractivity contribution in [2.45, 2.75) is 26.7 Å². The molecule has 0 radical (unpaired) electrons. The summed E-state index contributed by atoms with van der Waals surface area (Å²) in [5.41, 5.74) is 2.44. The van der Waals surface area contributed by atoms with Gasteiger partial charge in [0.1, 0.15) is 5.75 Å². The lowest BCUT2D eigenvalue weighted by Gasteiger charge is -2.12. The number of methoxy groups -OCH3 is 1. The van der Waals surface area contributed by atoms with Gasteiger partial charge in [0.05, 0.1) is 6.61 Å². The highest BCUT2D eigenvalue weighted by molar-refractivity contribution is 14.1. The maximum Gasteiger partial charge on any atom is 0.125 e. The lowest BCUT2D eigenvalue weighted by molar-refractivity contribution is 0.184. The number of halogens is 1. The normalized spacial score (nSPS) is 10.5. The average molecular weight is 334 g/mol. The van der Waals surface area contributed by atoms with E-state index in [0.29, 0.717) is 0 Å². The fourth-order valence-electron chi connectivity index (χ4n) is 1.65. The van der Waals surface area contributed by atoms with Crippen molar-refractivity contribution in [2.75, 3.05) is 20.3 Å². The van der Waals surface area contributed by atoms with Crippen LogP contribution in [-0.2, 0) is 4.74 Å². The molecule has 0 heterocycles. The van der Waals surface area contributed by atoms with Crippen molar-refractivity contribution in [3.05, 3.63) is 26.8 Å². The summed E-state index contributed by atoms with van der Waals surface area (Å²) in [7, 11) is 1.73.